The van der Waals surface area contributed by atoms with E-state index in [0.29, 0.717) is 39.7 Å². The standard InChI is InChI=1S/C27H24ClN5O3S/c1-30-37(2,36)19-12-10-18(11-13-19)33-25-21(24(32-33)26(29)34)14-8-16-7-9-17(15-22(16)25)31-27(35)20-5-3-4-6-23(20)28/h3-7,9-13,15H,2,8,14H2,1H3,(H2,29,34)(H,30,36)(H,31,35). The number of hydrogen-bond acceptors (Lipinski definition) is 4. The van der Waals surface area contributed by atoms with E-state index < -0.39 is 15.6 Å². The van der Waals surface area contributed by atoms with Crippen LogP contribution in [0.1, 0.15) is 32.0 Å². The molecule has 0 saturated heterocycles. The molecule has 4 N–H and O–H groups in total. The number of aromatic nitrogens is 2. The fourth-order valence-electron chi connectivity index (χ4n) is 4.47. The van der Waals surface area contributed by atoms with E-state index >= 15 is 0 Å². The second-order valence-corrected chi connectivity index (χ2v) is 11.3. The van der Waals surface area contributed by atoms with Gasteiger partial charge in [0.2, 0.25) is 0 Å². The number of fused-ring (bicyclic) bond motifs is 3. The van der Waals surface area contributed by atoms with Gasteiger partial charge in [0, 0.05) is 21.7 Å². The van der Waals surface area contributed by atoms with Crippen LogP contribution in [0.5, 0.6) is 0 Å². The van der Waals surface area contributed by atoms with Gasteiger partial charge in [-0.3, -0.25) is 9.59 Å². The third-order valence-corrected chi connectivity index (χ3v) is 8.42. The molecule has 1 atom stereocenters. The summed E-state index contributed by atoms with van der Waals surface area (Å²) in [6, 6.07) is 19.4. The predicted octanol–water partition coefficient (Wildman–Crippen LogP) is 3.85. The SMILES string of the molecule is C=S(=O)(NC)c1ccc(-n2nc(C(N)=O)c3c2-c2cc(NC(=O)c4ccccc4Cl)ccc2CC3)cc1. The molecule has 1 heterocycles. The first kappa shape index (κ1) is 24.8. The zero-order valence-electron chi connectivity index (χ0n) is 20.0. The molecule has 10 heteroatoms. The average Bonchev–Trinajstić information content (AvgIpc) is 3.29. The molecular formula is C27H24ClN5O3S. The molecule has 37 heavy (non-hydrogen) atoms. The predicted molar refractivity (Wildman–Crippen MR) is 147 cm³/mol. The fraction of sp³-hybridized carbons (Fsp3) is 0.111. The number of aryl methyl sites for hydroxylation is 1. The van der Waals surface area contributed by atoms with E-state index in [4.69, 9.17) is 17.3 Å². The smallest absolute Gasteiger partial charge is 0.269 e. The van der Waals surface area contributed by atoms with Crippen LogP contribution in [0.25, 0.3) is 16.9 Å². The van der Waals surface area contributed by atoms with Gasteiger partial charge in [0.1, 0.15) is 0 Å². The van der Waals surface area contributed by atoms with E-state index in [1.54, 1.807) is 60.3 Å². The number of anilines is 1. The number of carbonyl (C=O) groups excluding carboxylic acids is 2. The summed E-state index contributed by atoms with van der Waals surface area (Å²) >= 11 is 6.20. The van der Waals surface area contributed by atoms with Crippen LogP contribution in [0.2, 0.25) is 5.02 Å². The van der Waals surface area contributed by atoms with Gasteiger partial charge in [-0.25, -0.2) is 13.6 Å². The number of amides is 2. The van der Waals surface area contributed by atoms with E-state index in [1.165, 1.54) is 0 Å². The Morgan fingerprint density at radius 2 is 1.81 bits per heavy atom. The molecule has 1 aromatic heterocycles. The van der Waals surface area contributed by atoms with Gasteiger partial charge in [0.15, 0.2) is 5.69 Å². The maximum atomic E-state index is 12.9. The lowest BCUT2D eigenvalue weighted by Gasteiger charge is -2.20. The van der Waals surface area contributed by atoms with E-state index in [0.717, 1.165) is 22.4 Å². The lowest BCUT2D eigenvalue weighted by molar-refractivity contribution is 0.0992. The Labute approximate surface area is 219 Å². The first-order valence-corrected chi connectivity index (χ1v) is 13.6. The molecule has 0 radical (unpaired) electrons. The number of halogens is 1. The minimum Gasteiger partial charge on any atom is -0.364 e. The van der Waals surface area contributed by atoms with Crippen LogP contribution in [0.3, 0.4) is 0 Å². The van der Waals surface area contributed by atoms with Crippen LogP contribution in [0.4, 0.5) is 5.69 Å². The van der Waals surface area contributed by atoms with Crippen molar-refractivity contribution < 1.29 is 13.8 Å². The van der Waals surface area contributed by atoms with Crippen molar-refractivity contribution in [2.75, 3.05) is 12.4 Å². The van der Waals surface area contributed by atoms with Crippen molar-refractivity contribution in [2.45, 2.75) is 17.7 Å². The van der Waals surface area contributed by atoms with E-state index in [-0.39, 0.29) is 11.6 Å². The molecule has 0 fully saturated rings. The van der Waals surface area contributed by atoms with Gasteiger partial charge < -0.3 is 11.1 Å². The Kier molecular flexibility index (Phi) is 6.36. The molecule has 8 nitrogen and oxygen atoms in total. The van der Waals surface area contributed by atoms with Crippen LogP contribution in [-0.4, -0.2) is 38.7 Å². The van der Waals surface area contributed by atoms with E-state index in [9.17, 15) is 13.8 Å². The largest absolute Gasteiger partial charge is 0.364 e. The van der Waals surface area contributed by atoms with Gasteiger partial charge >= 0.3 is 0 Å². The number of nitrogens with zero attached hydrogens (tertiary/aromatic N) is 2. The van der Waals surface area contributed by atoms with Gasteiger partial charge in [-0.15, -0.1) is 0 Å². The zero-order valence-corrected chi connectivity index (χ0v) is 21.5. The highest BCUT2D eigenvalue weighted by Gasteiger charge is 2.28. The van der Waals surface area contributed by atoms with Crippen LogP contribution in [-0.2, 0) is 22.5 Å². The lowest BCUT2D eigenvalue weighted by Crippen LogP contribution is -2.18. The highest BCUT2D eigenvalue weighted by molar-refractivity contribution is 7.98. The summed E-state index contributed by atoms with van der Waals surface area (Å²) in [5, 5.41) is 7.82. The molecule has 0 saturated carbocycles. The van der Waals surface area contributed by atoms with Crippen molar-refractivity contribution in [3.8, 4) is 16.9 Å². The molecule has 3 aromatic carbocycles. The Bertz CT molecular complexity index is 1660. The first-order valence-electron chi connectivity index (χ1n) is 11.5. The summed E-state index contributed by atoms with van der Waals surface area (Å²) in [4.78, 5) is 25.7. The lowest BCUT2D eigenvalue weighted by atomic mass is 9.88. The van der Waals surface area contributed by atoms with Crippen molar-refractivity contribution in [1.82, 2.24) is 14.5 Å². The van der Waals surface area contributed by atoms with E-state index in [1.807, 2.05) is 18.2 Å². The molecule has 1 aliphatic carbocycles. The number of benzene rings is 3. The molecule has 2 amide bonds. The molecule has 0 bridgehead atoms. The highest BCUT2D eigenvalue weighted by Crippen LogP contribution is 2.38. The summed E-state index contributed by atoms with van der Waals surface area (Å²) in [7, 11) is -1.03. The molecule has 188 valence electrons. The second-order valence-electron chi connectivity index (χ2n) is 8.63. The minimum atomic E-state index is -2.62. The Hall–Kier alpha value is -3.92. The van der Waals surface area contributed by atoms with Crippen LogP contribution < -0.4 is 15.8 Å². The molecule has 1 unspecified atom stereocenters. The number of primary amides is 1. The van der Waals surface area contributed by atoms with Gasteiger partial charge in [0.05, 0.1) is 31.7 Å². The average molecular weight is 534 g/mol. The number of hydrogen-bond donors (Lipinski definition) is 3. The normalized spacial score (nSPS) is 13.8. The van der Waals surface area contributed by atoms with Crippen molar-refractivity contribution >= 4 is 44.7 Å². The van der Waals surface area contributed by atoms with Crippen molar-refractivity contribution in [3.63, 3.8) is 0 Å². The monoisotopic (exact) mass is 533 g/mol. The molecule has 5 rings (SSSR count). The highest BCUT2D eigenvalue weighted by atomic mass is 35.5. The maximum Gasteiger partial charge on any atom is 0.269 e. The zero-order chi connectivity index (χ0) is 26.3. The summed E-state index contributed by atoms with van der Waals surface area (Å²) in [6.07, 6.45) is 1.29. The topological polar surface area (TPSA) is 119 Å². The van der Waals surface area contributed by atoms with E-state index in [2.05, 4.69) is 21.0 Å². The first-order chi connectivity index (χ1) is 17.7. The summed E-state index contributed by atoms with van der Waals surface area (Å²) in [6.45, 7) is 0. The Balaban J connectivity index is 1.60. The Morgan fingerprint density at radius 1 is 1.08 bits per heavy atom. The minimum absolute atomic E-state index is 0.200. The summed E-state index contributed by atoms with van der Waals surface area (Å²) < 4.78 is 17.0. The molecular weight excluding hydrogens is 510 g/mol. The van der Waals surface area contributed by atoms with Crippen LogP contribution in [0.15, 0.2) is 71.6 Å². The summed E-state index contributed by atoms with van der Waals surface area (Å²) in [5.41, 5.74) is 10.8. The van der Waals surface area contributed by atoms with Crippen molar-refractivity contribution in [3.05, 3.63) is 94.1 Å². The summed E-state index contributed by atoms with van der Waals surface area (Å²) in [5.74, 6) is 2.79. The molecule has 4 aromatic rings. The fourth-order valence-corrected chi connectivity index (χ4v) is 5.50. The number of rotatable bonds is 6. The molecule has 1 aliphatic rings. The Morgan fingerprint density at radius 3 is 2.49 bits per heavy atom. The van der Waals surface area contributed by atoms with Gasteiger partial charge in [-0.2, -0.15) is 5.10 Å². The number of carbonyl (C=O) groups is 2. The number of nitrogens with two attached hydrogens (primary N) is 1. The van der Waals surface area contributed by atoms with Gasteiger partial charge in [0.25, 0.3) is 11.8 Å². The second kappa shape index (κ2) is 9.51. The van der Waals surface area contributed by atoms with Crippen LogP contribution in [0, 0.1) is 0 Å². The van der Waals surface area contributed by atoms with Crippen molar-refractivity contribution in [1.29, 1.82) is 0 Å². The van der Waals surface area contributed by atoms with Gasteiger partial charge in [-0.1, -0.05) is 29.8 Å². The van der Waals surface area contributed by atoms with Gasteiger partial charge in [-0.05, 0) is 79.9 Å². The van der Waals surface area contributed by atoms with Crippen LogP contribution >= 0.6 is 11.6 Å². The maximum absolute atomic E-state index is 12.9. The molecule has 0 aliphatic heterocycles. The third kappa shape index (κ3) is 4.53. The number of nitrogens with one attached hydrogen (secondary N) is 2. The molecule has 0 spiro atoms. The quantitative estimate of drug-likeness (QED) is 0.326. The third-order valence-electron chi connectivity index (χ3n) is 6.39. The van der Waals surface area contributed by atoms with Crippen molar-refractivity contribution in [2.24, 2.45) is 5.73 Å².